The van der Waals surface area contributed by atoms with Gasteiger partial charge in [0, 0.05) is 18.6 Å². The maximum Gasteiger partial charge on any atom is 0.0707 e. The molecule has 0 amide bonds. The van der Waals surface area contributed by atoms with Crippen molar-refractivity contribution in [3.05, 3.63) is 88.1 Å². The summed E-state index contributed by atoms with van der Waals surface area (Å²) >= 11 is 0. The van der Waals surface area contributed by atoms with Gasteiger partial charge in [0.1, 0.15) is 0 Å². The van der Waals surface area contributed by atoms with E-state index in [0.29, 0.717) is 5.69 Å². The lowest BCUT2D eigenvalue weighted by Crippen LogP contribution is -2.48. The quantitative estimate of drug-likeness (QED) is 0.392. The van der Waals surface area contributed by atoms with Gasteiger partial charge in [-0.3, -0.25) is 4.98 Å². The Morgan fingerprint density at radius 3 is 2.21 bits per heavy atom. The maximum atomic E-state index is 8.99. The molecule has 0 unspecified atom stereocenters. The van der Waals surface area contributed by atoms with Crippen LogP contribution < -0.4 is 0 Å². The number of benzene rings is 2. The molecule has 33 heavy (non-hydrogen) atoms. The lowest BCUT2D eigenvalue weighted by Gasteiger charge is -2.48. The van der Waals surface area contributed by atoms with Crippen molar-refractivity contribution in [2.24, 2.45) is 10.8 Å². The number of fused-ring (bicyclic) bond motifs is 2. The van der Waals surface area contributed by atoms with Gasteiger partial charge in [-0.15, -0.1) is 0 Å². The van der Waals surface area contributed by atoms with Gasteiger partial charge < -0.3 is 0 Å². The minimum atomic E-state index is -2.46. The zero-order valence-electron chi connectivity index (χ0n) is 26.1. The molecule has 2 aliphatic rings. The van der Waals surface area contributed by atoms with E-state index >= 15 is 0 Å². The van der Waals surface area contributed by atoms with Gasteiger partial charge in [0.15, 0.2) is 0 Å². The Kier molecular flexibility index (Phi) is 3.65. The summed E-state index contributed by atoms with van der Waals surface area (Å²) < 4.78 is 42.3. The molecule has 0 radical (unpaired) electrons. The van der Waals surface area contributed by atoms with Gasteiger partial charge in [-0.05, 0) is 87.2 Å². The van der Waals surface area contributed by atoms with E-state index in [1.807, 2.05) is 20.8 Å². The first-order valence-corrected chi connectivity index (χ1v) is 12.1. The van der Waals surface area contributed by atoms with E-state index in [9.17, 15) is 0 Å². The molecule has 1 heteroatoms. The molecule has 1 aromatic heterocycles. The summed E-state index contributed by atoms with van der Waals surface area (Å²) in [4.78, 5) is 4.69. The third-order valence-electron chi connectivity index (χ3n) is 8.55. The molecule has 1 heterocycles. The fourth-order valence-corrected chi connectivity index (χ4v) is 6.85. The zero-order chi connectivity index (χ0) is 28.1. The fourth-order valence-electron chi connectivity index (χ4n) is 6.85. The maximum absolute atomic E-state index is 8.99. The summed E-state index contributed by atoms with van der Waals surface area (Å²) in [6.45, 7) is 12.4. The first-order chi connectivity index (χ1) is 17.4. The normalized spacial score (nSPS) is 22.6. The molecule has 172 valence electrons. The van der Waals surface area contributed by atoms with Crippen LogP contribution in [0.2, 0.25) is 0 Å². The summed E-state index contributed by atoms with van der Waals surface area (Å²) in [5.41, 5.74) is 6.04. The van der Waals surface area contributed by atoms with Crippen LogP contribution in [0.25, 0.3) is 11.3 Å². The standard InChI is InChI=1S/C32H39N/c1-21-20-33-27(16-24(21)17-29(2,3)4)25-14-11-15-26-28(25)31(7,8)32(30(26,5)6)18-22-12-9-10-13-23(22)19-32/h9-16,20H,17-19H2,1-8H3/i1D3,17D2. The second-order valence-corrected chi connectivity index (χ2v) is 12.2. The summed E-state index contributed by atoms with van der Waals surface area (Å²) in [7, 11) is 0. The second kappa shape index (κ2) is 7.05. The Hall–Kier alpha value is -2.41. The van der Waals surface area contributed by atoms with E-state index in [1.165, 1.54) is 28.5 Å². The molecule has 0 saturated carbocycles. The number of hydrogen-bond donors (Lipinski definition) is 0. The molecule has 1 nitrogen and oxygen atoms in total. The molecule has 0 saturated heterocycles. The second-order valence-electron chi connectivity index (χ2n) is 12.2. The lowest BCUT2D eigenvalue weighted by molar-refractivity contribution is 0.0890. The van der Waals surface area contributed by atoms with E-state index in [1.54, 1.807) is 6.07 Å². The van der Waals surface area contributed by atoms with Gasteiger partial charge in [0.2, 0.25) is 0 Å². The average Bonchev–Trinajstić information content (AvgIpc) is 3.28. The topological polar surface area (TPSA) is 12.9 Å². The molecular formula is C32H39N. The summed E-state index contributed by atoms with van der Waals surface area (Å²) in [5.74, 6) is 0. The molecule has 0 fully saturated rings. The van der Waals surface area contributed by atoms with Gasteiger partial charge in [-0.1, -0.05) is 90.9 Å². The van der Waals surface area contributed by atoms with Gasteiger partial charge in [-0.25, -0.2) is 0 Å². The van der Waals surface area contributed by atoms with Gasteiger partial charge >= 0.3 is 0 Å². The number of aryl methyl sites for hydroxylation is 1. The van der Waals surface area contributed by atoms with E-state index < -0.39 is 18.6 Å². The first kappa shape index (κ1) is 17.1. The van der Waals surface area contributed by atoms with Gasteiger partial charge in [0.25, 0.3) is 0 Å². The Bertz CT molecular complexity index is 1400. The summed E-state index contributed by atoms with van der Waals surface area (Å²) in [6, 6.07) is 16.9. The first-order valence-electron chi connectivity index (χ1n) is 14.6. The van der Waals surface area contributed by atoms with Crippen molar-refractivity contribution in [1.82, 2.24) is 4.98 Å². The third kappa shape index (κ3) is 3.15. The molecule has 0 atom stereocenters. The molecule has 0 aliphatic heterocycles. The van der Waals surface area contributed by atoms with E-state index in [0.717, 1.165) is 18.4 Å². The average molecular weight is 443 g/mol. The number of hydrogen-bond acceptors (Lipinski definition) is 1. The minimum Gasteiger partial charge on any atom is -0.256 e. The fraction of sp³-hybridized carbons (Fsp3) is 0.469. The molecule has 0 bridgehead atoms. The van der Waals surface area contributed by atoms with E-state index in [2.05, 4.69) is 70.2 Å². The van der Waals surface area contributed by atoms with Crippen LogP contribution in [0.5, 0.6) is 0 Å². The Labute approximate surface area is 207 Å². The van der Waals surface area contributed by atoms with Crippen LogP contribution in [0.4, 0.5) is 0 Å². The third-order valence-corrected chi connectivity index (χ3v) is 8.55. The molecule has 0 N–H and O–H groups in total. The van der Waals surface area contributed by atoms with E-state index in [-0.39, 0.29) is 27.4 Å². The molecule has 3 aromatic rings. The predicted octanol–water partition coefficient (Wildman–Crippen LogP) is 8.00. The van der Waals surface area contributed by atoms with Crippen LogP contribution >= 0.6 is 0 Å². The van der Waals surface area contributed by atoms with Gasteiger partial charge in [0.05, 0.1) is 5.69 Å². The number of aromatic nitrogens is 1. The Balaban J connectivity index is 1.74. The highest BCUT2D eigenvalue weighted by molar-refractivity contribution is 5.72. The SMILES string of the molecule is [2H]C([2H])([2H])c1cnc(-c2cccc3c2C(C)(C)C2(Cc4ccccc4C2)C3(C)C)cc1C([2H])([2H])C(C)(C)C. The number of rotatable bonds is 2. The van der Waals surface area contributed by atoms with E-state index in [4.69, 9.17) is 11.8 Å². The van der Waals surface area contributed by atoms with Crippen molar-refractivity contribution in [2.75, 3.05) is 0 Å². The molecule has 1 spiro atoms. The van der Waals surface area contributed by atoms with Crippen molar-refractivity contribution in [1.29, 1.82) is 0 Å². The van der Waals surface area contributed by atoms with Crippen molar-refractivity contribution in [3.8, 4) is 11.3 Å². The summed E-state index contributed by atoms with van der Waals surface area (Å²) in [5, 5.41) is 0. The van der Waals surface area contributed by atoms with Crippen LogP contribution in [-0.2, 0) is 30.0 Å². The van der Waals surface area contributed by atoms with Crippen LogP contribution in [-0.4, -0.2) is 4.98 Å². The molecule has 2 aliphatic carbocycles. The van der Waals surface area contributed by atoms with Crippen molar-refractivity contribution in [3.63, 3.8) is 0 Å². The monoisotopic (exact) mass is 442 g/mol. The van der Waals surface area contributed by atoms with Crippen molar-refractivity contribution < 1.29 is 6.85 Å². The number of pyridine rings is 1. The molecule has 5 rings (SSSR count). The lowest BCUT2D eigenvalue weighted by atomic mass is 9.55. The van der Waals surface area contributed by atoms with Crippen molar-refractivity contribution in [2.45, 2.75) is 85.4 Å². The number of nitrogens with zero attached hydrogens (tertiary/aromatic N) is 1. The zero-order valence-corrected chi connectivity index (χ0v) is 21.1. The summed E-state index contributed by atoms with van der Waals surface area (Å²) in [6.07, 6.45) is 1.52. The van der Waals surface area contributed by atoms with Crippen LogP contribution in [0.3, 0.4) is 0 Å². The van der Waals surface area contributed by atoms with Gasteiger partial charge in [-0.2, -0.15) is 0 Å². The van der Waals surface area contributed by atoms with Crippen molar-refractivity contribution >= 4 is 0 Å². The van der Waals surface area contributed by atoms with Crippen LogP contribution in [0.1, 0.15) is 88.7 Å². The smallest absolute Gasteiger partial charge is 0.0707 e. The minimum absolute atomic E-state index is 0.0175. The predicted molar refractivity (Wildman–Crippen MR) is 140 cm³/mol. The van der Waals surface area contributed by atoms with Crippen LogP contribution in [0.15, 0.2) is 54.7 Å². The Morgan fingerprint density at radius 2 is 1.61 bits per heavy atom. The molecular weight excluding hydrogens is 398 g/mol. The Morgan fingerprint density at radius 1 is 0.939 bits per heavy atom. The highest BCUT2D eigenvalue weighted by atomic mass is 14.7. The highest BCUT2D eigenvalue weighted by Crippen LogP contribution is 2.67. The largest absolute Gasteiger partial charge is 0.256 e. The van der Waals surface area contributed by atoms with Crippen LogP contribution in [0, 0.1) is 17.7 Å². The molecule has 2 aromatic carbocycles. The highest BCUT2D eigenvalue weighted by Gasteiger charge is 2.64.